The molecular formula is C11H11FN2O2. The molecule has 0 N–H and O–H groups in total. The maximum atomic E-state index is 13.3. The van der Waals surface area contributed by atoms with Gasteiger partial charge in [0.2, 0.25) is 0 Å². The van der Waals surface area contributed by atoms with Crippen molar-refractivity contribution in [2.75, 3.05) is 25.6 Å². The number of nitrogens with zero attached hydrogens (tertiary/aromatic N) is 2. The van der Waals surface area contributed by atoms with Crippen molar-refractivity contribution in [3.05, 3.63) is 29.6 Å². The number of halogens is 1. The maximum absolute atomic E-state index is 13.3. The van der Waals surface area contributed by atoms with Crippen LogP contribution in [-0.2, 0) is 9.53 Å². The second-order valence-corrected chi connectivity index (χ2v) is 3.18. The van der Waals surface area contributed by atoms with Gasteiger partial charge in [0, 0.05) is 7.05 Å². The van der Waals surface area contributed by atoms with Crippen LogP contribution >= 0.6 is 0 Å². The van der Waals surface area contributed by atoms with Crippen LogP contribution in [0.5, 0.6) is 0 Å². The second kappa shape index (κ2) is 5.12. The second-order valence-electron chi connectivity index (χ2n) is 3.18. The average molecular weight is 222 g/mol. The Morgan fingerprint density at radius 1 is 1.62 bits per heavy atom. The summed E-state index contributed by atoms with van der Waals surface area (Å²) < 4.78 is 17.8. The van der Waals surface area contributed by atoms with Crippen molar-refractivity contribution in [2.45, 2.75) is 0 Å². The van der Waals surface area contributed by atoms with Crippen LogP contribution in [0.2, 0.25) is 0 Å². The molecule has 0 amide bonds. The van der Waals surface area contributed by atoms with Crippen LogP contribution in [0.25, 0.3) is 0 Å². The van der Waals surface area contributed by atoms with Crippen LogP contribution in [0.1, 0.15) is 5.56 Å². The highest BCUT2D eigenvalue weighted by Crippen LogP contribution is 2.21. The quantitative estimate of drug-likeness (QED) is 0.723. The molecule has 0 aliphatic heterocycles. The van der Waals surface area contributed by atoms with Gasteiger partial charge < -0.3 is 9.64 Å². The number of benzene rings is 1. The van der Waals surface area contributed by atoms with E-state index in [0.717, 1.165) is 0 Å². The van der Waals surface area contributed by atoms with E-state index in [0.29, 0.717) is 5.69 Å². The van der Waals surface area contributed by atoms with E-state index >= 15 is 0 Å². The fourth-order valence-electron chi connectivity index (χ4n) is 1.28. The first kappa shape index (κ1) is 12.0. The molecule has 0 saturated heterocycles. The van der Waals surface area contributed by atoms with Gasteiger partial charge in [0.05, 0.1) is 12.8 Å². The van der Waals surface area contributed by atoms with E-state index in [1.165, 1.54) is 24.1 Å². The summed E-state index contributed by atoms with van der Waals surface area (Å²) in [5, 5.41) is 8.81. The van der Waals surface area contributed by atoms with Crippen molar-refractivity contribution in [2.24, 2.45) is 0 Å². The van der Waals surface area contributed by atoms with Crippen molar-refractivity contribution in [3.8, 4) is 6.07 Å². The first-order chi connectivity index (χ1) is 7.60. The molecule has 1 aromatic carbocycles. The lowest BCUT2D eigenvalue weighted by molar-refractivity contribution is -0.138. The molecule has 0 unspecified atom stereocenters. The largest absolute Gasteiger partial charge is 0.468 e. The molecule has 0 atom stereocenters. The Hall–Kier alpha value is -2.09. The molecule has 0 radical (unpaired) electrons. The van der Waals surface area contributed by atoms with Crippen LogP contribution in [-0.4, -0.2) is 26.7 Å². The Labute approximate surface area is 92.8 Å². The molecular weight excluding hydrogens is 211 g/mol. The first-order valence-electron chi connectivity index (χ1n) is 4.56. The number of hydrogen-bond acceptors (Lipinski definition) is 4. The normalized spacial score (nSPS) is 9.38. The highest BCUT2D eigenvalue weighted by Gasteiger charge is 2.14. The lowest BCUT2D eigenvalue weighted by atomic mass is 10.1. The smallest absolute Gasteiger partial charge is 0.325 e. The molecule has 5 heteroatoms. The summed E-state index contributed by atoms with van der Waals surface area (Å²) in [5.41, 5.74) is 0.293. The number of methoxy groups -OCH3 is 1. The number of anilines is 1. The van der Waals surface area contributed by atoms with Crippen molar-refractivity contribution in [3.63, 3.8) is 0 Å². The minimum atomic E-state index is -0.600. The van der Waals surface area contributed by atoms with Crippen molar-refractivity contribution >= 4 is 11.7 Å². The van der Waals surface area contributed by atoms with Gasteiger partial charge in [-0.1, -0.05) is 6.07 Å². The van der Waals surface area contributed by atoms with Gasteiger partial charge in [0.1, 0.15) is 24.0 Å². The standard InChI is InChI=1S/C11H11FN2O2/c1-14(7-11(15)16-2)10-5-3-4-9(12)8(10)6-13/h3-5H,7H2,1-2H3. The number of carbonyl (C=O) groups is 1. The third kappa shape index (κ3) is 2.48. The Bertz CT molecular complexity index is 440. The molecule has 0 heterocycles. The molecule has 0 aromatic heterocycles. The van der Waals surface area contributed by atoms with E-state index in [1.807, 2.05) is 0 Å². The van der Waals surface area contributed by atoms with E-state index in [-0.39, 0.29) is 12.1 Å². The summed E-state index contributed by atoms with van der Waals surface area (Å²) in [6.45, 7) is -0.0331. The van der Waals surface area contributed by atoms with E-state index in [1.54, 1.807) is 19.2 Å². The number of ether oxygens (including phenoxy) is 1. The number of esters is 1. The average Bonchev–Trinajstić information content (AvgIpc) is 2.28. The molecule has 1 aromatic rings. The number of nitriles is 1. The Morgan fingerprint density at radius 2 is 2.31 bits per heavy atom. The summed E-state index contributed by atoms with van der Waals surface area (Å²) in [7, 11) is 2.86. The summed E-state index contributed by atoms with van der Waals surface area (Å²) in [6, 6.07) is 6.03. The van der Waals surface area contributed by atoms with Crippen molar-refractivity contribution in [1.82, 2.24) is 0 Å². The van der Waals surface area contributed by atoms with E-state index in [4.69, 9.17) is 5.26 Å². The third-order valence-electron chi connectivity index (χ3n) is 2.11. The minimum absolute atomic E-state index is 0.0331. The molecule has 0 bridgehead atoms. The predicted octanol–water partition coefficient (Wildman–Crippen LogP) is 1.31. The first-order valence-corrected chi connectivity index (χ1v) is 4.56. The van der Waals surface area contributed by atoms with Crippen LogP contribution in [0.3, 0.4) is 0 Å². The van der Waals surface area contributed by atoms with Gasteiger partial charge in [-0.2, -0.15) is 5.26 Å². The van der Waals surface area contributed by atoms with Gasteiger partial charge in [-0.05, 0) is 12.1 Å². The number of carbonyl (C=O) groups excluding carboxylic acids is 1. The van der Waals surface area contributed by atoms with Gasteiger partial charge in [-0.15, -0.1) is 0 Å². The Balaban J connectivity index is 3.00. The van der Waals surface area contributed by atoms with E-state index in [2.05, 4.69) is 4.74 Å². The zero-order valence-electron chi connectivity index (χ0n) is 9.03. The molecule has 0 aliphatic carbocycles. The fraction of sp³-hybridized carbons (Fsp3) is 0.273. The maximum Gasteiger partial charge on any atom is 0.325 e. The highest BCUT2D eigenvalue weighted by atomic mass is 19.1. The third-order valence-corrected chi connectivity index (χ3v) is 2.11. The van der Waals surface area contributed by atoms with Gasteiger partial charge in [0.15, 0.2) is 0 Å². The minimum Gasteiger partial charge on any atom is -0.468 e. The molecule has 0 spiro atoms. The zero-order valence-corrected chi connectivity index (χ0v) is 9.03. The molecule has 0 aliphatic rings. The molecule has 1 rings (SSSR count). The molecule has 84 valence electrons. The number of rotatable bonds is 3. The lowest BCUT2D eigenvalue weighted by Crippen LogP contribution is -2.27. The molecule has 0 fully saturated rings. The van der Waals surface area contributed by atoms with E-state index < -0.39 is 11.8 Å². The fourth-order valence-corrected chi connectivity index (χ4v) is 1.28. The van der Waals surface area contributed by atoms with Crippen LogP contribution in [0, 0.1) is 17.1 Å². The predicted molar refractivity (Wildman–Crippen MR) is 56.4 cm³/mol. The lowest BCUT2D eigenvalue weighted by Gasteiger charge is -2.18. The van der Waals surface area contributed by atoms with Crippen LogP contribution in [0.15, 0.2) is 18.2 Å². The monoisotopic (exact) mass is 222 g/mol. The van der Waals surface area contributed by atoms with Crippen LogP contribution < -0.4 is 4.90 Å². The topological polar surface area (TPSA) is 53.3 Å². The van der Waals surface area contributed by atoms with Gasteiger partial charge >= 0.3 is 5.97 Å². The van der Waals surface area contributed by atoms with Crippen molar-refractivity contribution in [1.29, 1.82) is 5.26 Å². The molecule has 0 saturated carbocycles. The number of likely N-dealkylation sites (N-methyl/N-ethyl adjacent to an activating group) is 1. The highest BCUT2D eigenvalue weighted by molar-refractivity contribution is 5.76. The summed E-state index contributed by atoms with van der Waals surface area (Å²) in [5.74, 6) is -1.05. The Kier molecular flexibility index (Phi) is 3.84. The van der Waals surface area contributed by atoms with Crippen LogP contribution in [0.4, 0.5) is 10.1 Å². The molecule has 4 nitrogen and oxygen atoms in total. The zero-order chi connectivity index (χ0) is 12.1. The van der Waals surface area contributed by atoms with Crippen molar-refractivity contribution < 1.29 is 13.9 Å². The SMILES string of the molecule is COC(=O)CN(C)c1cccc(F)c1C#N. The molecule has 16 heavy (non-hydrogen) atoms. The Morgan fingerprint density at radius 3 is 2.88 bits per heavy atom. The van der Waals surface area contributed by atoms with Gasteiger partial charge in [0.25, 0.3) is 0 Å². The van der Waals surface area contributed by atoms with E-state index in [9.17, 15) is 9.18 Å². The van der Waals surface area contributed by atoms with Gasteiger partial charge in [-0.3, -0.25) is 4.79 Å². The number of hydrogen-bond donors (Lipinski definition) is 0. The van der Waals surface area contributed by atoms with Gasteiger partial charge in [-0.25, -0.2) is 4.39 Å². The summed E-state index contributed by atoms with van der Waals surface area (Å²) >= 11 is 0. The summed E-state index contributed by atoms with van der Waals surface area (Å²) in [6.07, 6.45) is 0. The summed E-state index contributed by atoms with van der Waals surface area (Å²) in [4.78, 5) is 12.5.